The first-order valence-electron chi connectivity index (χ1n) is 24.7. The van der Waals surface area contributed by atoms with Crippen molar-refractivity contribution >= 4 is 0 Å². The number of aromatic nitrogens is 4. The standard InChI is InChI=1S/C58H74N4O/c1-3-5-7-9-11-13-15-19-25-49-43-59-57(60-44-49)53-37-31-47(32-38-53)35-41-55(51-27-21-17-22-28-51)63-56(52-29-23-18-24-30-52)42-36-48-33-39-54(40-34-48)58-61-45-50(46-62-58)26-20-16-14-12-10-8-6-4-2/h17-18,21-24,27-34,37-40,43-46,55-56H,3-16,19-20,25-26,35-36,41-42H2,1-2H3. The van der Waals surface area contributed by atoms with Crippen LogP contribution in [0.25, 0.3) is 22.8 Å². The van der Waals surface area contributed by atoms with E-state index in [1.807, 2.05) is 24.8 Å². The van der Waals surface area contributed by atoms with Gasteiger partial charge in [-0.05, 0) is 84.7 Å². The Morgan fingerprint density at radius 3 is 1.03 bits per heavy atom. The molecule has 2 atom stereocenters. The lowest BCUT2D eigenvalue weighted by molar-refractivity contribution is -0.0237. The predicted octanol–water partition coefficient (Wildman–Crippen LogP) is 16.0. The highest BCUT2D eigenvalue weighted by Gasteiger charge is 2.21. The van der Waals surface area contributed by atoms with Gasteiger partial charge in [-0.15, -0.1) is 0 Å². The molecule has 4 aromatic carbocycles. The highest BCUT2D eigenvalue weighted by Crippen LogP contribution is 2.34. The molecule has 0 aliphatic heterocycles. The number of hydrogen-bond donors (Lipinski definition) is 0. The molecule has 0 bridgehead atoms. The van der Waals surface area contributed by atoms with Gasteiger partial charge in [0, 0.05) is 35.9 Å². The van der Waals surface area contributed by atoms with Crippen LogP contribution in [0, 0.1) is 0 Å². The van der Waals surface area contributed by atoms with Crippen molar-refractivity contribution in [3.05, 3.63) is 167 Å². The average molecular weight is 843 g/mol. The van der Waals surface area contributed by atoms with Crippen LogP contribution in [0.5, 0.6) is 0 Å². The Balaban J connectivity index is 1.01. The summed E-state index contributed by atoms with van der Waals surface area (Å²) in [6, 6.07) is 39.0. The molecule has 2 aromatic heterocycles. The van der Waals surface area contributed by atoms with E-state index in [-0.39, 0.29) is 12.2 Å². The molecule has 2 unspecified atom stereocenters. The third-order valence-corrected chi connectivity index (χ3v) is 12.5. The number of aryl methyl sites for hydroxylation is 4. The summed E-state index contributed by atoms with van der Waals surface area (Å²) in [7, 11) is 0. The highest BCUT2D eigenvalue weighted by molar-refractivity contribution is 5.56. The Morgan fingerprint density at radius 2 is 0.683 bits per heavy atom. The lowest BCUT2D eigenvalue weighted by atomic mass is 9.97. The third-order valence-electron chi connectivity index (χ3n) is 12.5. The summed E-state index contributed by atoms with van der Waals surface area (Å²) in [5.41, 5.74) is 9.57. The van der Waals surface area contributed by atoms with E-state index in [9.17, 15) is 0 Å². The van der Waals surface area contributed by atoms with Crippen LogP contribution in [0.2, 0.25) is 0 Å². The van der Waals surface area contributed by atoms with E-state index < -0.39 is 0 Å². The summed E-state index contributed by atoms with van der Waals surface area (Å²) >= 11 is 0. The van der Waals surface area contributed by atoms with E-state index in [0.717, 1.165) is 61.3 Å². The number of ether oxygens (including phenoxy) is 1. The zero-order valence-corrected chi connectivity index (χ0v) is 38.6. The summed E-state index contributed by atoms with van der Waals surface area (Å²) in [6.07, 6.45) is 35.0. The minimum Gasteiger partial charge on any atom is -0.366 e. The van der Waals surface area contributed by atoms with Gasteiger partial charge in [0.2, 0.25) is 0 Å². The van der Waals surface area contributed by atoms with Crippen molar-refractivity contribution in [3.8, 4) is 22.8 Å². The van der Waals surface area contributed by atoms with Crippen LogP contribution in [-0.2, 0) is 30.4 Å². The largest absolute Gasteiger partial charge is 0.366 e. The smallest absolute Gasteiger partial charge is 0.159 e. The Morgan fingerprint density at radius 1 is 0.349 bits per heavy atom. The van der Waals surface area contributed by atoms with Gasteiger partial charge in [0.05, 0.1) is 12.2 Å². The van der Waals surface area contributed by atoms with E-state index in [2.05, 4.69) is 123 Å². The predicted molar refractivity (Wildman–Crippen MR) is 264 cm³/mol. The molecule has 6 aromatic rings. The molecule has 0 N–H and O–H groups in total. The summed E-state index contributed by atoms with van der Waals surface area (Å²) in [5.74, 6) is 1.58. The van der Waals surface area contributed by atoms with Crippen molar-refractivity contribution in [3.63, 3.8) is 0 Å². The minimum absolute atomic E-state index is 0.0499. The molecule has 0 spiro atoms. The van der Waals surface area contributed by atoms with Crippen LogP contribution in [-0.4, -0.2) is 19.9 Å². The Hall–Kier alpha value is -5.00. The zero-order chi connectivity index (χ0) is 43.6. The monoisotopic (exact) mass is 843 g/mol. The lowest BCUT2D eigenvalue weighted by Crippen LogP contribution is -2.13. The van der Waals surface area contributed by atoms with Crippen LogP contribution in [0.15, 0.2) is 134 Å². The maximum absolute atomic E-state index is 7.16. The van der Waals surface area contributed by atoms with Crippen LogP contribution in [0.3, 0.4) is 0 Å². The van der Waals surface area contributed by atoms with Crippen molar-refractivity contribution in [1.82, 2.24) is 19.9 Å². The molecule has 5 heteroatoms. The molecule has 0 saturated heterocycles. The van der Waals surface area contributed by atoms with Crippen LogP contribution < -0.4 is 0 Å². The Labute approximate surface area is 380 Å². The van der Waals surface area contributed by atoms with Crippen LogP contribution >= 0.6 is 0 Å². The fraction of sp³-hybridized carbons (Fsp3) is 0.448. The Kier molecular flexibility index (Phi) is 21.0. The highest BCUT2D eigenvalue weighted by atomic mass is 16.5. The number of rotatable bonds is 30. The van der Waals surface area contributed by atoms with Gasteiger partial charge in [0.1, 0.15) is 0 Å². The molecule has 0 radical (unpaired) electrons. The molecule has 6 rings (SSSR count). The molecule has 0 aliphatic rings. The number of hydrogen-bond acceptors (Lipinski definition) is 5. The van der Waals surface area contributed by atoms with Crippen molar-refractivity contribution < 1.29 is 4.74 Å². The first-order valence-corrected chi connectivity index (χ1v) is 24.7. The first-order chi connectivity index (χ1) is 31.2. The molecule has 0 aliphatic carbocycles. The minimum atomic E-state index is -0.0499. The van der Waals surface area contributed by atoms with E-state index in [1.54, 1.807) is 0 Å². The second kappa shape index (κ2) is 27.9. The van der Waals surface area contributed by atoms with Gasteiger partial charge in [0.25, 0.3) is 0 Å². The maximum Gasteiger partial charge on any atom is 0.159 e. The molecule has 0 saturated carbocycles. The quantitative estimate of drug-likeness (QED) is 0.0423. The summed E-state index contributed by atoms with van der Waals surface area (Å²) in [4.78, 5) is 19.0. The third kappa shape index (κ3) is 16.9. The Bertz CT molecular complexity index is 1920. The second-order valence-corrected chi connectivity index (χ2v) is 17.7. The molecule has 0 amide bonds. The summed E-state index contributed by atoms with van der Waals surface area (Å²) in [6.45, 7) is 4.56. The van der Waals surface area contributed by atoms with Crippen molar-refractivity contribution in [2.45, 2.75) is 167 Å². The maximum atomic E-state index is 7.16. The van der Waals surface area contributed by atoms with E-state index in [1.165, 1.54) is 136 Å². The van der Waals surface area contributed by atoms with E-state index in [4.69, 9.17) is 24.7 Å². The molecule has 2 heterocycles. The summed E-state index contributed by atoms with van der Waals surface area (Å²) in [5, 5.41) is 0. The zero-order valence-electron chi connectivity index (χ0n) is 38.6. The van der Waals surface area contributed by atoms with Crippen molar-refractivity contribution in [1.29, 1.82) is 0 Å². The van der Waals surface area contributed by atoms with Gasteiger partial charge in [-0.3, -0.25) is 0 Å². The van der Waals surface area contributed by atoms with Crippen molar-refractivity contribution in [2.24, 2.45) is 0 Å². The molecule has 63 heavy (non-hydrogen) atoms. The van der Waals surface area contributed by atoms with Crippen LogP contribution in [0.4, 0.5) is 0 Å². The average Bonchev–Trinajstić information content (AvgIpc) is 3.34. The molecule has 0 fully saturated rings. The lowest BCUT2D eigenvalue weighted by Gasteiger charge is -2.26. The fourth-order valence-electron chi connectivity index (χ4n) is 8.59. The van der Waals surface area contributed by atoms with E-state index >= 15 is 0 Å². The van der Waals surface area contributed by atoms with E-state index in [0.29, 0.717) is 0 Å². The van der Waals surface area contributed by atoms with Gasteiger partial charge in [0.15, 0.2) is 11.6 Å². The van der Waals surface area contributed by atoms with Gasteiger partial charge in [-0.2, -0.15) is 0 Å². The molecular formula is C58H74N4O. The van der Waals surface area contributed by atoms with Gasteiger partial charge < -0.3 is 4.74 Å². The first kappa shape index (κ1) is 47.5. The van der Waals surface area contributed by atoms with Gasteiger partial charge >= 0.3 is 0 Å². The number of benzene rings is 4. The van der Waals surface area contributed by atoms with Gasteiger partial charge in [-0.1, -0.05) is 213 Å². The normalized spacial score (nSPS) is 12.3. The second-order valence-electron chi connectivity index (χ2n) is 17.7. The molecule has 5 nitrogen and oxygen atoms in total. The molecular weight excluding hydrogens is 769 g/mol. The van der Waals surface area contributed by atoms with Crippen LogP contribution in [0.1, 0.15) is 175 Å². The van der Waals surface area contributed by atoms with Crippen molar-refractivity contribution in [2.75, 3.05) is 0 Å². The van der Waals surface area contributed by atoms with Gasteiger partial charge in [-0.25, -0.2) is 19.9 Å². The number of nitrogens with zero attached hydrogens (tertiary/aromatic N) is 4. The summed E-state index contributed by atoms with van der Waals surface area (Å²) < 4.78 is 7.16. The number of unbranched alkanes of at least 4 members (excludes halogenated alkanes) is 14. The SMILES string of the molecule is CCCCCCCCCCc1cnc(-c2ccc(CCC(OC(CCc3ccc(-c4ncc(CCCCCCCCCC)cn4)cc3)c3ccccc3)c3ccccc3)cc2)nc1. The fourth-order valence-corrected chi connectivity index (χ4v) is 8.59. The molecule has 332 valence electrons. The topological polar surface area (TPSA) is 60.8 Å².